The monoisotopic (exact) mass is 442 g/mol. The van der Waals surface area contributed by atoms with Crippen molar-refractivity contribution in [3.63, 3.8) is 0 Å². The Morgan fingerprint density at radius 1 is 0.774 bits per heavy atom. The fraction of sp³-hybridized carbons (Fsp3) is 0.273. The molecule has 2 rings (SSSR count). The zero-order valence-electron chi connectivity index (χ0n) is 17.8. The Kier molecular flexibility index (Phi) is 8.63. The highest BCUT2D eigenvalue weighted by Gasteiger charge is 2.21. The standard InChI is InChI=1S/C22H26N4O4S/c1-13(17-9-5-7-11-19(17)27)23-25-21(29)15(3)31-16(4)22(30)26-24-14(2)18-10-6-8-12-20(18)28/h5-12,15-16,27-28H,1-4H3,(H,25,29)(H,26,30)/b23-13+,24-14+/t15-,16-/m0/s1. The Bertz CT molecular complexity index is 927. The minimum absolute atomic E-state index is 0.0744. The maximum atomic E-state index is 12.3. The molecule has 2 aromatic carbocycles. The van der Waals surface area contributed by atoms with Gasteiger partial charge in [0.15, 0.2) is 0 Å². The number of para-hydroxylation sites is 2. The summed E-state index contributed by atoms with van der Waals surface area (Å²) in [4.78, 5) is 24.6. The van der Waals surface area contributed by atoms with Gasteiger partial charge >= 0.3 is 0 Å². The van der Waals surface area contributed by atoms with Gasteiger partial charge in [0.1, 0.15) is 11.5 Å². The lowest BCUT2D eigenvalue weighted by molar-refractivity contribution is -0.120. The number of aromatic hydroxyl groups is 2. The molecule has 0 aliphatic carbocycles. The van der Waals surface area contributed by atoms with Crippen LogP contribution in [0.15, 0.2) is 58.7 Å². The second-order valence-electron chi connectivity index (χ2n) is 6.80. The van der Waals surface area contributed by atoms with Crippen LogP contribution in [0, 0.1) is 0 Å². The van der Waals surface area contributed by atoms with Crippen LogP contribution in [0.25, 0.3) is 0 Å². The molecule has 2 aromatic rings. The molecule has 0 saturated carbocycles. The van der Waals surface area contributed by atoms with E-state index in [1.165, 1.54) is 12.1 Å². The normalized spacial score (nSPS) is 13.9. The molecule has 0 heterocycles. The molecule has 0 unspecified atom stereocenters. The second-order valence-corrected chi connectivity index (χ2v) is 8.49. The lowest BCUT2D eigenvalue weighted by Crippen LogP contribution is -2.33. The molecule has 31 heavy (non-hydrogen) atoms. The molecule has 2 amide bonds. The van der Waals surface area contributed by atoms with Crippen LogP contribution in [0.3, 0.4) is 0 Å². The van der Waals surface area contributed by atoms with Gasteiger partial charge in [-0.05, 0) is 52.0 Å². The second kappa shape index (κ2) is 11.2. The van der Waals surface area contributed by atoms with Crippen LogP contribution < -0.4 is 10.9 Å². The summed E-state index contributed by atoms with van der Waals surface area (Å²) in [5.74, 6) is -0.586. The van der Waals surface area contributed by atoms with E-state index in [4.69, 9.17) is 0 Å². The van der Waals surface area contributed by atoms with Gasteiger partial charge in [-0.25, -0.2) is 10.9 Å². The first-order valence-corrected chi connectivity index (χ1v) is 10.6. The fourth-order valence-corrected chi connectivity index (χ4v) is 3.53. The number of hydrogen-bond donors (Lipinski definition) is 4. The van der Waals surface area contributed by atoms with E-state index in [0.29, 0.717) is 22.6 Å². The number of carbonyl (C=O) groups is 2. The van der Waals surface area contributed by atoms with Crippen LogP contribution in [-0.2, 0) is 9.59 Å². The Hall–Kier alpha value is -3.33. The summed E-state index contributed by atoms with van der Waals surface area (Å²) in [6, 6.07) is 13.4. The zero-order chi connectivity index (χ0) is 23.0. The number of nitrogens with one attached hydrogen (secondary N) is 2. The molecular formula is C22H26N4O4S. The van der Waals surface area contributed by atoms with Gasteiger partial charge in [-0.2, -0.15) is 10.2 Å². The molecule has 0 radical (unpaired) electrons. The predicted octanol–water partition coefficient (Wildman–Crippen LogP) is 2.99. The highest BCUT2D eigenvalue weighted by molar-refractivity contribution is 8.01. The van der Waals surface area contributed by atoms with Gasteiger partial charge in [-0.3, -0.25) is 9.59 Å². The number of amides is 2. The topological polar surface area (TPSA) is 123 Å². The summed E-state index contributed by atoms with van der Waals surface area (Å²) in [5, 5.41) is 26.6. The number of hydrogen-bond acceptors (Lipinski definition) is 7. The average molecular weight is 443 g/mol. The highest BCUT2D eigenvalue weighted by atomic mass is 32.2. The molecule has 0 aliphatic heterocycles. The molecule has 4 N–H and O–H groups in total. The minimum Gasteiger partial charge on any atom is -0.507 e. The van der Waals surface area contributed by atoms with Crippen molar-refractivity contribution in [2.24, 2.45) is 10.2 Å². The van der Waals surface area contributed by atoms with E-state index < -0.39 is 10.5 Å². The number of rotatable bonds is 8. The molecule has 0 aromatic heterocycles. The quantitative estimate of drug-likeness (QED) is 0.370. The summed E-state index contributed by atoms with van der Waals surface area (Å²) in [6.45, 7) is 6.69. The van der Waals surface area contributed by atoms with Crippen LogP contribution >= 0.6 is 11.8 Å². The lowest BCUT2D eigenvalue weighted by Gasteiger charge is -2.15. The number of phenols is 2. The molecule has 0 bridgehead atoms. The van der Waals surface area contributed by atoms with Gasteiger partial charge in [0.25, 0.3) is 11.8 Å². The third kappa shape index (κ3) is 6.85. The van der Waals surface area contributed by atoms with E-state index in [1.807, 2.05) is 0 Å². The third-order valence-corrected chi connectivity index (χ3v) is 5.65. The van der Waals surface area contributed by atoms with Gasteiger partial charge in [0.05, 0.1) is 21.9 Å². The first-order valence-electron chi connectivity index (χ1n) is 9.61. The molecule has 0 fully saturated rings. The molecule has 164 valence electrons. The predicted molar refractivity (Wildman–Crippen MR) is 123 cm³/mol. The van der Waals surface area contributed by atoms with Crippen LogP contribution in [0.4, 0.5) is 0 Å². The number of benzene rings is 2. The van der Waals surface area contributed by atoms with E-state index in [2.05, 4.69) is 21.1 Å². The summed E-state index contributed by atoms with van der Waals surface area (Å²) in [6.07, 6.45) is 0. The fourth-order valence-electron chi connectivity index (χ4n) is 2.57. The van der Waals surface area contributed by atoms with Crippen LogP contribution in [0.1, 0.15) is 38.8 Å². The van der Waals surface area contributed by atoms with Crippen molar-refractivity contribution in [3.05, 3.63) is 59.7 Å². The Balaban J connectivity index is 1.90. The van der Waals surface area contributed by atoms with Gasteiger partial charge in [-0.15, -0.1) is 11.8 Å². The number of phenolic OH excluding ortho intramolecular Hbond substituents is 2. The summed E-state index contributed by atoms with van der Waals surface area (Å²) < 4.78 is 0. The van der Waals surface area contributed by atoms with Crippen molar-refractivity contribution in [2.45, 2.75) is 38.2 Å². The van der Waals surface area contributed by atoms with E-state index in [9.17, 15) is 19.8 Å². The first-order chi connectivity index (χ1) is 14.7. The molecule has 0 saturated heterocycles. The lowest BCUT2D eigenvalue weighted by atomic mass is 10.1. The minimum atomic E-state index is -0.551. The average Bonchev–Trinajstić information content (AvgIpc) is 2.75. The largest absolute Gasteiger partial charge is 0.507 e. The Morgan fingerprint density at radius 2 is 1.13 bits per heavy atom. The van der Waals surface area contributed by atoms with E-state index >= 15 is 0 Å². The molecular weight excluding hydrogens is 416 g/mol. The number of carbonyl (C=O) groups excluding carboxylic acids is 2. The van der Waals surface area contributed by atoms with Crippen LogP contribution in [-0.4, -0.2) is 44.0 Å². The summed E-state index contributed by atoms with van der Waals surface area (Å²) in [7, 11) is 0. The molecule has 8 nitrogen and oxygen atoms in total. The SMILES string of the molecule is C/C(=N\NC(=O)[C@H](C)S[C@@H](C)C(=O)N/N=C(\C)c1ccccc1O)c1ccccc1O. The zero-order valence-corrected chi connectivity index (χ0v) is 18.6. The van der Waals surface area contributed by atoms with Gasteiger partial charge in [-0.1, -0.05) is 24.3 Å². The van der Waals surface area contributed by atoms with Crippen LogP contribution in [0.5, 0.6) is 11.5 Å². The smallest absolute Gasteiger partial charge is 0.252 e. The van der Waals surface area contributed by atoms with Crippen molar-refractivity contribution in [2.75, 3.05) is 0 Å². The van der Waals surface area contributed by atoms with Crippen molar-refractivity contribution < 1.29 is 19.8 Å². The van der Waals surface area contributed by atoms with Crippen LogP contribution in [0.2, 0.25) is 0 Å². The summed E-state index contributed by atoms with van der Waals surface area (Å²) in [5.41, 5.74) is 6.89. The van der Waals surface area contributed by atoms with Crippen molar-refractivity contribution >= 4 is 35.0 Å². The molecule has 2 atom stereocenters. The van der Waals surface area contributed by atoms with Crippen molar-refractivity contribution in [1.82, 2.24) is 10.9 Å². The van der Waals surface area contributed by atoms with Gasteiger partial charge in [0, 0.05) is 11.1 Å². The molecule has 0 spiro atoms. The van der Waals surface area contributed by atoms with Gasteiger partial charge in [0.2, 0.25) is 0 Å². The molecule has 9 heteroatoms. The Labute approximate surface area is 185 Å². The molecule has 0 aliphatic rings. The van der Waals surface area contributed by atoms with E-state index in [-0.39, 0.29) is 23.3 Å². The third-order valence-electron chi connectivity index (χ3n) is 4.40. The van der Waals surface area contributed by atoms with Crippen molar-refractivity contribution in [3.8, 4) is 11.5 Å². The Morgan fingerprint density at radius 3 is 1.48 bits per heavy atom. The van der Waals surface area contributed by atoms with Crippen molar-refractivity contribution in [1.29, 1.82) is 0 Å². The maximum Gasteiger partial charge on any atom is 0.252 e. The van der Waals surface area contributed by atoms with Gasteiger partial charge < -0.3 is 10.2 Å². The van der Waals surface area contributed by atoms with E-state index in [1.54, 1.807) is 64.1 Å². The van der Waals surface area contributed by atoms with E-state index in [0.717, 1.165) is 11.8 Å². The maximum absolute atomic E-state index is 12.3. The number of thioether (sulfide) groups is 1. The number of hydrazone groups is 2. The number of nitrogens with zero attached hydrogens (tertiary/aromatic N) is 2. The summed E-state index contributed by atoms with van der Waals surface area (Å²) >= 11 is 1.16. The highest BCUT2D eigenvalue weighted by Crippen LogP contribution is 2.19. The first kappa shape index (κ1) is 23.9.